The highest BCUT2D eigenvalue weighted by atomic mass is 16.5. The van der Waals surface area contributed by atoms with Crippen molar-refractivity contribution in [2.24, 2.45) is 5.92 Å². The molecule has 0 saturated heterocycles. The second-order valence-electron chi connectivity index (χ2n) is 5.55. The van der Waals surface area contributed by atoms with Crippen molar-refractivity contribution in [3.8, 4) is 5.75 Å². The van der Waals surface area contributed by atoms with Gasteiger partial charge in [0.25, 0.3) is 0 Å². The van der Waals surface area contributed by atoms with Gasteiger partial charge < -0.3 is 14.7 Å². The molecule has 0 spiro atoms. The minimum absolute atomic E-state index is 0.225. The number of ether oxygens (including phenoxy) is 1. The fourth-order valence-corrected chi connectivity index (χ4v) is 2.90. The summed E-state index contributed by atoms with van der Waals surface area (Å²) >= 11 is 0. The summed E-state index contributed by atoms with van der Waals surface area (Å²) < 4.78 is 5.24. The predicted molar refractivity (Wildman–Crippen MR) is 78.8 cm³/mol. The number of aliphatic hydroxyl groups excluding tert-OH is 1. The molecule has 0 aliphatic heterocycles. The predicted octanol–water partition coefficient (Wildman–Crippen LogP) is 3.07. The first-order valence-corrected chi connectivity index (χ1v) is 7.24. The summed E-state index contributed by atoms with van der Waals surface area (Å²) in [5.41, 5.74) is 1.09. The van der Waals surface area contributed by atoms with Crippen molar-refractivity contribution >= 4 is 5.69 Å². The molecule has 0 radical (unpaired) electrons. The van der Waals surface area contributed by atoms with E-state index in [9.17, 15) is 5.11 Å². The molecule has 3 nitrogen and oxygen atoms in total. The quantitative estimate of drug-likeness (QED) is 0.886. The van der Waals surface area contributed by atoms with E-state index < -0.39 is 0 Å². The van der Waals surface area contributed by atoms with Crippen molar-refractivity contribution in [3.05, 3.63) is 24.3 Å². The van der Waals surface area contributed by atoms with Crippen LogP contribution in [0.3, 0.4) is 0 Å². The van der Waals surface area contributed by atoms with E-state index in [0.717, 1.165) is 11.4 Å². The lowest BCUT2D eigenvalue weighted by molar-refractivity contribution is 0.0910. The highest BCUT2D eigenvalue weighted by Gasteiger charge is 2.22. The van der Waals surface area contributed by atoms with Gasteiger partial charge in [-0.25, -0.2) is 0 Å². The summed E-state index contributed by atoms with van der Waals surface area (Å²) in [7, 11) is 3.71. The van der Waals surface area contributed by atoms with Crippen LogP contribution in [0.1, 0.15) is 32.1 Å². The molecule has 106 valence electrons. The zero-order chi connectivity index (χ0) is 13.7. The fourth-order valence-electron chi connectivity index (χ4n) is 2.90. The van der Waals surface area contributed by atoms with E-state index in [-0.39, 0.29) is 6.10 Å². The molecule has 0 bridgehead atoms. The Balaban J connectivity index is 1.93. The molecule has 1 fully saturated rings. The van der Waals surface area contributed by atoms with E-state index in [2.05, 4.69) is 11.0 Å². The first-order chi connectivity index (χ1) is 9.20. The van der Waals surface area contributed by atoms with Crippen LogP contribution in [0, 0.1) is 5.92 Å². The van der Waals surface area contributed by atoms with Crippen molar-refractivity contribution in [3.63, 3.8) is 0 Å². The molecule has 2 rings (SSSR count). The van der Waals surface area contributed by atoms with Crippen molar-refractivity contribution < 1.29 is 9.84 Å². The highest BCUT2D eigenvalue weighted by Crippen LogP contribution is 2.28. The third-order valence-corrected chi connectivity index (χ3v) is 4.15. The Morgan fingerprint density at radius 3 is 2.74 bits per heavy atom. The zero-order valence-corrected chi connectivity index (χ0v) is 12.0. The summed E-state index contributed by atoms with van der Waals surface area (Å²) in [6.07, 6.45) is 5.99. The molecule has 1 saturated carbocycles. The van der Waals surface area contributed by atoms with Crippen LogP contribution in [-0.4, -0.2) is 31.9 Å². The molecule has 0 amide bonds. The summed E-state index contributed by atoms with van der Waals surface area (Å²) in [6, 6.07) is 7.98. The number of methoxy groups -OCH3 is 1. The van der Waals surface area contributed by atoms with E-state index in [1.165, 1.54) is 32.1 Å². The first kappa shape index (κ1) is 14.2. The number of nitrogens with zero attached hydrogens (tertiary/aromatic N) is 1. The molecule has 0 aromatic heterocycles. The number of hydrogen-bond donors (Lipinski definition) is 1. The fraction of sp³-hybridized carbons (Fsp3) is 0.625. The van der Waals surface area contributed by atoms with Gasteiger partial charge in [-0.15, -0.1) is 0 Å². The Hall–Kier alpha value is -1.22. The van der Waals surface area contributed by atoms with Gasteiger partial charge in [-0.3, -0.25) is 0 Å². The third kappa shape index (κ3) is 3.87. The average molecular weight is 263 g/mol. The lowest BCUT2D eigenvalue weighted by Crippen LogP contribution is -2.35. The molecule has 1 N–H and O–H groups in total. The average Bonchev–Trinajstić information content (AvgIpc) is 2.48. The summed E-state index contributed by atoms with van der Waals surface area (Å²) in [4.78, 5) is 2.11. The third-order valence-electron chi connectivity index (χ3n) is 4.15. The monoisotopic (exact) mass is 263 g/mol. The second-order valence-corrected chi connectivity index (χ2v) is 5.55. The van der Waals surface area contributed by atoms with Gasteiger partial charge in [-0.1, -0.05) is 25.3 Å². The lowest BCUT2D eigenvalue weighted by atomic mass is 9.85. The topological polar surface area (TPSA) is 32.7 Å². The highest BCUT2D eigenvalue weighted by molar-refractivity contribution is 5.50. The van der Waals surface area contributed by atoms with Crippen molar-refractivity contribution in [2.45, 2.75) is 38.2 Å². The normalized spacial score (nSPS) is 18.1. The van der Waals surface area contributed by atoms with E-state index in [1.54, 1.807) is 7.11 Å². The maximum Gasteiger partial charge on any atom is 0.120 e. The van der Waals surface area contributed by atoms with Crippen LogP contribution in [0.15, 0.2) is 24.3 Å². The maximum absolute atomic E-state index is 10.4. The summed E-state index contributed by atoms with van der Waals surface area (Å²) in [6.45, 7) is 0.692. The largest absolute Gasteiger partial charge is 0.497 e. The minimum Gasteiger partial charge on any atom is -0.497 e. The number of hydrogen-bond acceptors (Lipinski definition) is 3. The van der Waals surface area contributed by atoms with Gasteiger partial charge in [0.15, 0.2) is 0 Å². The smallest absolute Gasteiger partial charge is 0.120 e. The van der Waals surface area contributed by atoms with Gasteiger partial charge in [0.1, 0.15) is 5.75 Å². The van der Waals surface area contributed by atoms with Crippen LogP contribution in [0.25, 0.3) is 0 Å². The number of aliphatic hydroxyl groups is 1. The number of likely N-dealkylation sites (N-methyl/N-ethyl adjacent to an activating group) is 1. The van der Waals surface area contributed by atoms with Crippen LogP contribution in [0.5, 0.6) is 5.75 Å². The summed E-state index contributed by atoms with van der Waals surface area (Å²) in [5.74, 6) is 1.33. The maximum atomic E-state index is 10.4. The van der Waals surface area contributed by atoms with Crippen LogP contribution in [0.4, 0.5) is 5.69 Å². The lowest BCUT2D eigenvalue weighted by Gasteiger charge is -2.30. The Morgan fingerprint density at radius 1 is 1.32 bits per heavy atom. The van der Waals surface area contributed by atoms with Crippen LogP contribution >= 0.6 is 0 Å². The molecule has 1 aliphatic rings. The SMILES string of the molecule is COc1cccc(N(C)CC(O)C2CCCCC2)c1. The van der Waals surface area contributed by atoms with Gasteiger partial charge in [0.2, 0.25) is 0 Å². The van der Waals surface area contributed by atoms with E-state index in [1.807, 2.05) is 25.2 Å². The molecule has 1 aliphatic carbocycles. The van der Waals surface area contributed by atoms with Gasteiger partial charge in [-0.05, 0) is 30.9 Å². The Bertz CT molecular complexity index is 388. The van der Waals surface area contributed by atoms with Crippen molar-refractivity contribution in [1.82, 2.24) is 0 Å². The standard InChI is InChI=1S/C16H25NO2/c1-17(14-9-6-10-15(11-14)19-2)12-16(18)13-7-4-3-5-8-13/h6,9-11,13,16,18H,3-5,7-8,12H2,1-2H3. The molecule has 1 aromatic rings. The van der Waals surface area contributed by atoms with Gasteiger partial charge >= 0.3 is 0 Å². The molecule has 3 heteroatoms. The number of benzene rings is 1. The number of rotatable bonds is 5. The zero-order valence-electron chi connectivity index (χ0n) is 12.0. The first-order valence-electron chi connectivity index (χ1n) is 7.24. The molecular formula is C16H25NO2. The van der Waals surface area contributed by atoms with E-state index >= 15 is 0 Å². The van der Waals surface area contributed by atoms with Crippen LogP contribution < -0.4 is 9.64 Å². The van der Waals surface area contributed by atoms with Gasteiger partial charge in [0, 0.05) is 25.3 Å². The Labute approximate surface area is 116 Å². The molecule has 1 atom stereocenters. The van der Waals surface area contributed by atoms with Crippen LogP contribution in [0.2, 0.25) is 0 Å². The van der Waals surface area contributed by atoms with Gasteiger partial charge in [-0.2, -0.15) is 0 Å². The number of anilines is 1. The molecular weight excluding hydrogens is 238 g/mol. The molecule has 0 heterocycles. The van der Waals surface area contributed by atoms with Crippen molar-refractivity contribution in [2.75, 3.05) is 25.6 Å². The van der Waals surface area contributed by atoms with Crippen molar-refractivity contribution in [1.29, 1.82) is 0 Å². The Morgan fingerprint density at radius 2 is 2.05 bits per heavy atom. The van der Waals surface area contributed by atoms with E-state index in [0.29, 0.717) is 12.5 Å². The molecule has 19 heavy (non-hydrogen) atoms. The van der Waals surface area contributed by atoms with E-state index in [4.69, 9.17) is 4.74 Å². The van der Waals surface area contributed by atoms with Gasteiger partial charge in [0.05, 0.1) is 13.2 Å². The molecule has 1 aromatic carbocycles. The minimum atomic E-state index is -0.225. The molecule has 1 unspecified atom stereocenters. The Kier molecular flexibility index (Phi) is 5.08. The van der Waals surface area contributed by atoms with Crippen LogP contribution in [-0.2, 0) is 0 Å². The second kappa shape index (κ2) is 6.80. The summed E-state index contributed by atoms with van der Waals surface area (Å²) in [5, 5.41) is 10.4.